The van der Waals surface area contributed by atoms with E-state index in [1.807, 2.05) is 0 Å². The van der Waals surface area contributed by atoms with Crippen LogP contribution in [0.15, 0.2) is 48.5 Å². The Morgan fingerprint density at radius 1 is 0.957 bits per heavy atom. The Labute approximate surface area is 133 Å². The maximum Gasteiger partial charge on any atom is 0.308 e. The van der Waals surface area contributed by atoms with Crippen LogP contribution in [-0.4, -0.2) is 11.9 Å². The SMILES string of the molecule is CC(=O)Oc1cccc(N[NH+]([O-])c2cccc(OC(C)=O)c2)c1. The van der Waals surface area contributed by atoms with Crippen molar-refractivity contribution in [3.63, 3.8) is 0 Å². The Morgan fingerprint density at radius 3 is 2.13 bits per heavy atom. The second-order valence-electron chi connectivity index (χ2n) is 4.70. The van der Waals surface area contributed by atoms with Gasteiger partial charge in [-0.2, -0.15) is 0 Å². The highest BCUT2D eigenvalue weighted by Gasteiger charge is 2.08. The molecule has 1 atom stereocenters. The summed E-state index contributed by atoms with van der Waals surface area (Å²) in [7, 11) is 0. The highest BCUT2D eigenvalue weighted by molar-refractivity contribution is 5.70. The molecule has 2 aromatic rings. The van der Waals surface area contributed by atoms with Gasteiger partial charge < -0.3 is 14.7 Å². The van der Waals surface area contributed by atoms with Crippen molar-refractivity contribution in [3.8, 4) is 11.5 Å². The zero-order chi connectivity index (χ0) is 16.8. The summed E-state index contributed by atoms with van der Waals surface area (Å²) in [5, 5.41) is 11.9. The van der Waals surface area contributed by atoms with Crippen LogP contribution in [0.2, 0.25) is 0 Å². The Morgan fingerprint density at radius 2 is 1.52 bits per heavy atom. The van der Waals surface area contributed by atoms with Gasteiger partial charge in [-0.05, 0) is 18.2 Å². The third-order valence-electron chi connectivity index (χ3n) is 2.71. The van der Waals surface area contributed by atoms with Crippen molar-refractivity contribution in [3.05, 3.63) is 53.7 Å². The number of ether oxygens (including phenoxy) is 2. The smallest absolute Gasteiger partial charge is 0.308 e. The van der Waals surface area contributed by atoms with E-state index in [0.29, 0.717) is 22.9 Å². The van der Waals surface area contributed by atoms with Gasteiger partial charge in [-0.25, -0.2) is 10.6 Å². The summed E-state index contributed by atoms with van der Waals surface area (Å²) in [6.45, 7) is 2.58. The predicted molar refractivity (Wildman–Crippen MR) is 83.1 cm³/mol. The second-order valence-corrected chi connectivity index (χ2v) is 4.70. The molecular weight excluding hydrogens is 300 g/mol. The summed E-state index contributed by atoms with van der Waals surface area (Å²) in [5.74, 6) is -0.276. The van der Waals surface area contributed by atoms with Crippen molar-refractivity contribution in [1.82, 2.24) is 0 Å². The van der Waals surface area contributed by atoms with Gasteiger partial charge in [-0.1, -0.05) is 12.1 Å². The van der Waals surface area contributed by atoms with Crippen molar-refractivity contribution < 1.29 is 24.2 Å². The molecule has 0 radical (unpaired) electrons. The molecule has 0 heterocycles. The number of esters is 2. The van der Waals surface area contributed by atoms with Crippen LogP contribution in [0.3, 0.4) is 0 Å². The van der Waals surface area contributed by atoms with Gasteiger partial charge in [0.15, 0.2) is 5.69 Å². The van der Waals surface area contributed by atoms with Crippen LogP contribution in [-0.2, 0) is 9.59 Å². The molecule has 7 nitrogen and oxygen atoms in total. The van der Waals surface area contributed by atoms with Gasteiger partial charge in [0.05, 0.1) is 5.69 Å². The molecule has 120 valence electrons. The van der Waals surface area contributed by atoms with Crippen LogP contribution >= 0.6 is 0 Å². The molecule has 0 amide bonds. The fraction of sp³-hybridized carbons (Fsp3) is 0.125. The zero-order valence-corrected chi connectivity index (χ0v) is 12.7. The molecule has 0 aromatic heterocycles. The number of hydrogen-bond acceptors (Lipinski definition) is 6. The van der Waals surface area contributed by atoms with Crippen molar-refractivity contribution in [2.45, 2.75) is 13.8 Å². The standard InChI is InChI=1S/C16H16N2O5/c1-11(19)22-15-7-3-5-13(9-15)17-18(21)14-6-4-8-16(10-14)23-12(2)20/h3-10,17-18H,1-2H3. The van der Waals surface area contributed by atoms with Crippen LogP contribution in [0, 0.1) is 5.21 Å². The Kier molecular flexibility index (Phi) is 5.29. The minimum Gasteiger partial charge on any atom is -0.603 e. The third-order valence-corrected chi connectivity index (χ3v) is 2.71. The van der Waals surface area contributed by atoms with E-state index in [1.165, 1.54) is 26.0 Å². The molecule has 2 rings (SSSR count). The summed E-state index contributed by atoms with van der Waals surface area (Å²) in [6, 6.07) is 12.7. The summed E-state index contributed by atoms with van der Waals surface area (Å²) in [4.78, 5) is 21.9. The summed E-state index contributed by atoms with van der Waals surface area (Å²) in [5.41, 5.74) is 3.49. The molecule has 1 unspecified atom stereocenters. The van der Waals surface area contributed by atoms with E-state index in [2.05, 4.69) is 5.43 Å². The molecule has 0 aliphatic rings. The van der Waals surface area contributed by atoms with Crippen LogP contribution in [0.4, 0.5) is 11.4 Å². The molecule has 0 saturated carbocycles. The van der Waals surface area contributed by atoms with E-state index in [-0.39, 0.29) is 5.17 Å². The molecular formula is C16H16N2O5. The Hall–Kier alpha value is -2.90. The lowest BCUT2D eigenvalue weighted by Crippen LogP contribution is -3.05. The van der Waals surface area contributed by atoms with E-state index >= 15 is 0 Å². The number of rotatable bonds is 5. The maximum absolute atomic E-state index is 12.2. The number of hydrogen-bond donors (Lipinski definition) is 2. The first-order valence-corrected chi connectivity index (χ1v) is 6.82. The van der Waals surface area contributed by atoms with Gasteiger partial charge in [-0.15, -0.1) is 0 Å². The van der Waals surface area contributed by atoms with Gasteiger partial charge >= 0.3 is 11.9 Å². The molecule has 23 heavy (non-hydrogen) atoms. The van der Waals surface area contributed by atoms with Crippen LogP contribution in [0.1, 0.15) is 13.8 Å². The monoisotopic (exact) mass is 316 g/mol. The minimum absolute atomic E-state index is 0.291. The molecule has 0 bridgehead atoms. The minimum atomic E-state index is -0.461. The van der Waals surface area contributed by atoms with Gasteiger partial charge in [0, 0.05) is 32.0 Å². The van der Waals surface area contributed by atoms with Crippen molar-refractivity contribution in [1.29, 1.82) is 0 Å². The normalized spacial score (nSPS) is 11.4. The van der Waals surface area contributed by atoms with E-state index in [4.69, 9.17) is 9.47 Å². The predicted octanol–water partition coefficient (Wildman–Crippen LogP) is 1.58. The molecule has 2 N–H and O–H groups in total. The lowest BCUT2D eigenvalue weighted by molar-refractivity contribution is -0.749. The van der Waals surface area contributed by atoms with Crippen molar-refractivity contribution >= 4 is 23.3 Å². The maximum atomic E-state index is 12.2. The number of benzene rings is 2. The zero-order valence-electron chi connectivity index (χ0n) is 12.7. The van der Waals surface area contributed by atoms with Crippen molar-refractivity contribution in [2.75, 3.05) is 5.43 Å². The van der Waals surface area contributed by atoms with Gasteiger partial charge in [0.25, 0.3) is 0 Å². The quantitative estimate of drug-likeness (QED) is 0.494. The van der Waals surface area contributed by atoms with Gasteiger partial charge in [0.2, 0.25) is 0 Å². The van der Waals surface area contributed by atoms with E-state index in [9.17, 15) is 14.8 Å². The molecule has 0 aliphatic heterocycles. The van der Waals surface area contributed by atoms with Gasteiger partial charge in [0.1, 0.15) is 11.5 Å². The number of quaternary nitrogens is 1. The molecule has 7 heteroatoms. The number of carbonyl (C=O) groups is 2. The highest BCUT2D eigenvalue weighted by Crippen LogP contribution is 2.18. The third kappa shape index (κ3) is 5.10. The van der Waals surface area contributed by atoms with E-state index in [0.717, 1.165) is 0 Å². The number of carbonyl (C=O) groups excluding carboxylic acids is 2. The first-order chi connectivity index (χ1) is 10.9. The topological polar surface area (TPSA) is 92.1 Å². The van der Waals surface area contributed by atoms with Crippen LogP contribution in [0.5, 0.6) is 11.5 Å². The molecule has 2 aromatic carbocycles. The van der Waals surface area contributed by atoms with Crippen LogP contribution < -0.4 is 20.1 Å². The van der Waals surface area contributed by atoms with E-state index < -0.39 is 11.9 Å². The molecule has 0 spiro atoms. The fourth-order valence-electron chi connectivity index (χ4n) is 1.87. The summed E-state index contributed by atoms with van der Waals surface area (Å²) < 4.78 is 9.90. The largest absolute Gasteiger partial charge is 0.603 e. The first-order valence-electron chi connectivity index (χ1n) is 6.82. The van der Waals surface area contributed by atoms with E-state index in [1.54, 1.807) is 36.4 Å². The number of nitrogens with one attached hydrogen (secondary N) is 2. The Balaban J connectivity index is 2.11. The average molecular weight is 316 g/mol. The first kappa shape index (κ1) is 16.5. The summed E-state index contributed by atoms with van der Waals surface area (Å²) >= 11 is 0. The average Bonchev–Trinajstić information content (AvgIpc) is 2.46. The Bertz CT molecular complexity index is 717. The lowest BCUT2D eigenvalue weighted by atomic mass is 10.3. The summed E-state index contributed by atoms with van der Waals surface area (Å²) in [6.07, 6.45) is 0. The number of anilines is 1. The fourth-order valence-corrected chi connectivity index (χ4v) is 1.87. The molecule has 0 aliphatic carbocycles. The van der Waals surface area contributed by atoms with Crippen molar-refractivity contribution in [2.24, 2.45) is 0 Å². The lowest BCUT2D eigenvalue weighted by Gasteiger charge is -2.23. The second kappa shape index (κ2) is 7.39. The molecule has 0 fully saturated rings. The van der Waals surface area contributed by atoms with Gasteiger partial charge in [-0.3, -0.25) is 9.59 Å². The molecule has 0 saturated heterocycles. The van der Waals surface area contributed by atoms with Crippen LogP contribution in [0.25, 0.3) is 0 Å². The highest BCUT2D eigenvalue weighted by atomic mass is 16.5.